The molecule has 1 aromatic rings. The van der Waals surface area contributed by atoms with E-state index in [1.54, 1.807) is 11.0 Å². The van der Waals surface area contributed by atoms with E-state index in [1.165, 1.54) is 18.5 Å². The van der Waals surface area contributed by atoms with Gasteiger partial charge in [0.15, 0.2) is 0 Å². The van der Waals surface area contributed by atoms with Crippen molar-refractivity contribution in [1.29, 1.82) is 0 Å². The summed E-state index contributed by atoms with van der Waals surface area (Å²) in [6.45, 7) is 0.196. The van der Waals surface area contributed by atoms with Crippen molar-refractivity contribution in [1.82, 2.24) is 9.88 Å². The van der Waals surface area contributed by atoms with Crippen LogP contribution in [0.1, 0.15) is 35.2 Å². The number of carbonyl (C=O) groups is 2. The number of carboxylic acid groups (broad SMARTS) is 1. The summed E-state index contributed by atoms with van der Waals surface area (Å²) in [7, 11) is 0. The molecule has 1 heterocycles. The summed E-state index contributed by atoms with van der Waals surface area (Å²) in [4.78, 5) is 28.8. The van der Waals surface area contributed by atoms with Crippen molar-refractivity contribution in [3.63, 3.8) is 0 Å². The second-order valence-corrected chi connectivity index (χ2v) is 4.94. The molecule has 6 nitrogen and oxygen atoms in total. The number of rotatable bonds is 6. The SMILES string of the molecule is O=C(O)/C=C/c1cnccc1C(=O)N(CCO)C1CCC1. The fraction of sp³-hybridized carbons (Fsp3) is 0.400. The molecule has 0 spiro atoms. The Morgan fingerprint density at radius 2 is 2.19 bits per heavy atom. The van der Waals surface area contributed by atoms with Crippen LogP contribution in [-0.4, -0.2) is 51.2 Å². The third kappa shape index (κ3) is 3.66. The fourth-order valence-corrected chi connectivity index (χ4v) is 2.31. The largest absolute Gasteiger partial charge is 0.478 e. The van der Waals surface area contributed by atoms with Crippen molar-refractivity contribution in [2.24, 2.45) is 0 Å². The van der Waals surface area contributed by atoms with Crippen LogP contribution in [0.4, 0.5) is 0 Å². The highest BCUT2D eigenvalue weighted by Gasteiger charge is 2.29. The van der Waals surface area contributed by atoms with Crippen LogP contribution in [0.3, 0.4) is 0 Å². The Morgan fingerprint density at radius 1 is 1.43 bits per heavy atom. The zero-order valence-corrected chi connectivity index (χ0v) is 11.6. The van der Waals surface area contributed by atoms with E-state index in [0.717, 1.165) is 25.3 Å². The molecule has 112 valence electrons. The van der Waals surface area contributed by atoms with Crippen LogP contribution < -0.4 is 0 Å². The predicted molar refractivity (Wildman–Crippen MR) is 76.7 cm³/mol. The van der Waals surface area contributed by atoms with E-state index >= 15 is 0 Å². The summed E-state index contributed by atoms with van der Waals surface area (Å²) in [5, 5.41) is 17.8. The van der Waals surface area contributed by atoms with Gasteiger partial charge in [0.2, 0.25) is 0 Å². The highest BCUT2D eigenvalue weighted by molar-refractivity contribution is 5.99. The van der Waals surface area contributed by atoms with Crippen LogP contribution in [0.2, 0.25) is 0 Å². The van der Waals surface area contributed by atoms with E-state index in [-0.39, 0.29) is 25.1 Å². The smallest absolute Gasteiger partial charge is 0.328 e. The predicted octanol–water partition coefficient (Wildman–Crippen LogP) is 1.17. The first-order valence-corrected chi connectivity index (χ1v) is 6.90. The van der Waals surface area contributed by atoms with Gasteiger partial charge in [-0.3, -0.25) is 9.78 Å². The third-order valence-corrected chi connectivity index (χ3v) is 3.61. The van der Waals surface area contributed by atoms with Gasteiger partial charge in [-0.1, -0.05) is 0 Å². The van der Waals surface area contributed by atoms with Gasteiger partial charge in [0.05, 0.1) is 6.61 Å². The summed E-state index contributed by atoms with van der Waals surface area (Å²) in [6.07, 6.45) is 8.28. The van der Waals surface area contributed by atoms with E-state index in [2.05, 4.69) is 4.98 Å². The molecule has 6 heteroatoms. The van der Waals surface area contributed by atoms with Crippen LogP contribution in [0.25, 0.3) is 6.08 Å². The topological polar surface area (TPSA) is 90.7 Å². The number of carboxylic acids is 1. The minimum absolute atomic E-state index is 0.0897. The molecule has 1 aliphatic rings. The summed E-state index contributed by atoms with van der Waals surface area (Å²) in [6, 6.07) is 1.74. The molecule has 0 saturated heterocycles. The monoisotopic (exact) mass is 290 g/mol. The molecule has 1 aromatic heterocycles. The molecule has 0 aromatic carbocycles. The maximum absolute atomic E-state index is 12.6. The number of aliphatic hydroxyl groups is 1. The Bertz CT molecular complexity index is 552. The number of hydrogen-bond donors (Lipinski definition) is 2. The van der Waals surface area contributed by atoms with Gasteiger partial charge in [0.1, 0.15) is 0 Å². The number of amides is 1. The summed E-state index contributed by atoms with van der Waals surface area (Å²) >= 11 is 0. The molecule has 0 radical (unpaired) electrons. The third-order valence-electron chi connectivity index (χ3n) is 3.61. The zero-order valence-electron chi connectivity index (χ0n) is 11.6. The molecule has 0 bridgehead atoms. The van der Waals surface area contributed by atoms with E-state index in [9.17, 15) is 9.59 Å². The molecule has 1 aliphatic carbocycles. The van der Waals surface area contributed by atoms with Crippen LogP contribution in [-0.2, 0) is 4.79 Å². The fourth-order valence-electron chi connectivity index (χ4n) is 2.31. The maximum Gasteiger partial charge on any atom is 0.328 e. The number of aliphatic carboxylic acids is 1. The minimum Gasteiger partial charge on any atom is -0.478 e. The quantitative estimate of drug-likeness (QED) is 0.767. The molecule has 2 rings (SSSR count). The van der Waals surface area contributed by atoms with Crippen LogP contribution >= 0.6 is 0 Å². The molecule has 1 fully saturated rings. The first-order chi connectivity index (χ1) is 10.1. The Kier molecular flexibility index (Phi) is 5.05. The van der Waals surface area contributed by atoms with E-state index < -0.39 is 5.97 Å². The van der Waals surface area contributed by atoms with Gasteiger partial charge in [-0.2, -0.15) is 0 Å². The molecule has 1 saturated carbocycles. The molecular weight excluding hydrogens is 272 g/mol. The van der Waals surface area contributed by atoms with Crippen LogP contribution in [0, 0.1) is 0 Å². The number of pyridine rings is 1. The highest BCUT2D eigenvalue weighted by atomic mass is 16.4. The first-order valence-electron chi connectivity index (χ1n) is 6.90. The highest BCUT2D eigenvalue weighted by Crippen LogP contribution is 2.26. The lowest BCUT2D eigenvalue weighted by Gasteiger charge is -2.37. The van der Waals surface area contributed by atoms with E-state index in [1.807, 2.05) is 0 Å². The molecule has 0 aliphatic heterocycles. The van der Waals surface area contributed by atoms with E-state index in [4.69, 9.17) is 10.2 Å². The van der Waals surface area contributed by atoms with Gasteiger partial charge >= 0.3 is 5.97 Å². The number of aliphatic hydroxyl groups excluding tert-OH is 1. The van der Waals surface area contributed by atoms with Crippen molar-refractivity contribution in [3.8, 4) is 0 Å². The summed E-state index contributed by atoms with van der Waals surface area (Å²) in [5.41, 5.74) is 0.870. The van der Waals surface area contributed by atoms with Gasteiger partial charge < -0.3 is 15.1 Å². The lowest BCUT2D eigenvalue weighted by Crippen LogP contribution is -2.45. The number of carbonyl (C=O) groups excluding carboxylic acids is 1. The molecule has 2 N–H and O–H groups in total. The van der Waals surface area contributed by atoms with Gasteiger partial charge in [0.25, 0.3) is 5.91 Å². The molecular formula is C15H18N2O4. The lowest BCUT2D eigenvalue weighted by atomic mass is 9.90. The standard InChI is InChI=1S/C15H18N2O4/c18-9-8-17(12-2-1-3-12)15(21)13-6-7-16-10-11(13)4-5-14(19)20/h4-7,10,12,18H,1-3,8-9H2,(H,19,20)/b5-4+. The molecule has 0 atom stereocenters. The van der Waals surface area contributed by atoms with Crippen LogP contribution in [0.5, 0.6) is 0 Å². The van der Waals surface area contributed by atoms with Crippen molar-refractivity contribution >= 4 is 18.0 Å². The molecule has 0 unspecified atom stereocenters. The Hall–Kier alpha value is -2.21. The Labute approximate surface area is 122 Å². The summed E-state index contributed by atoms with van der Waals surface area (Å²) in [5.74, 6) is -1.27. The Morgan fingerprint density at radius 3 is 2.76 bits per heavy atom. The molecule has 21 heavy (non-hydrogen) atoms. The number of hydrogen-bond acceptors (Lipinski definition) is 4. The average Bonchev–Trinajstić information content (AvgIpc) is 2.42. The van der Waals surface area contributed by atoms with Crippen molar-refractivity contribution in [3.05, 3.63) is 35.7 Å². The summed E-state index contributed by atoms with van der Waals surface area (Å²) < 4.78 is 0. The van der Waals surface area contributed by atoms with Gasteiger partial charge in [0, 0.05) is 42.2 Å². The van der Waals surface area contributed by atoms with Crippen molar-refractivity contribution in [2.75, 3.05) is 13.2 Å². The van der Waals surface area contributed by atoms with Crippen molar-refractivity contribution < 1.29 is 19.8 Å². The Balaban J connectivity index is 2.26. The normalized spacial score (nSPS) is 14.9. The maximum atomic E-state index is 12.6. The molecule has 1 amide bonds. The minimum atomic E-state index is -1.08. The van der Waals surface area contributed by atoms with Crippen molar-refractivity contribution in [2.45, 2.75) is 25.3 Å². The lowest BCUT2D eigenvalue weighted by molar-refractivity contribution is -0.131. The second-order valence-electron chi connectivity index (χ2n) is 4.94. The zero-order chi connectivity index (χ0) is 15.2. The first kappa shape index (κ1) is 15.2. The van der Waals surface area contributed by atoms with E-state index in [0.29, 0.717) is 11.1 Å². The average molecular weight is 290 g/mol. The van der Waals surface area contributed by atoms with Gasteiger partial charge in [-0.25, -0.2) is 4.79 Å². The number of aromatic nitrogens is 1. The van der Waals surface area contributed by atoms with Crippen LogP contribution in [0.15, 0.2) is 24.5 Å². The second kappa shape index (κ2) is 6.99. The number of nitrogens with zero attached hydrogens (tertiary/aromatic N) is 2. The van der Waals surface area contributed by atoms with Gasteiger partial charge in [-0.15, -0.1) is 0 Å². The van der Waals surface area contributed by atoms with Gasteiger partial charge in [-0.05, 0) is 31.4 Å².